The fourth-order valence-corrected chi connectivity index (χ4v) is 4.44. The molecule has 1 N–H and O–H groups in total. The summed E-state index contributed by atoms with van der Waals surface area (Å²) in [5, 5.41) is 3.79. The Bertz CT molecular complexity index is 402. The monoisotopic (exact) mass is 292 g/mol. The van der Waals surface area contributed by atoms with Gasteiger partial charge in [0.15, 0.2) is 0 Å². The quantitative estimate of drug-likeness (QED) is 0.792. The fourth-order valence-electron chi connectivity index (χ4n) is 4.44. The summed E-state index contributed by atoms with van der Waals surface area (Å²) in [6.07, 6.45) is 10.4. The van der Waals surface area contributed by atoms with Gasteiger partial charge in [-0.25, -0.2) is 4.79 Å². The van der Waals surface area contributed by atoms with Crippen LogP contribution in [-0.2, 0) is 9.53 Å². The largest absolute Gasteiger partial charge is 0.466 e. The second kappa shape index (κ2) is 6.93. The van der Waals surface area contributed by atoms with Crippen molar-refractivity contribution in [1.29, 1.82) is 0 Å². The average molecular weight is 292 g/mol. The third kappa shape index (κ3) is 3.32. The number of rotatable bonds is 2. The molecule has 2 aliphatic heterocycles. The molecule has 118 valence electrons. The second-order valence-electron chi connectivity index (χ2n) is 6.70. The summed E-state index contributed by atoms with van der Waals surface area (Å²) in [6.45, 7) is 3.50. The Kier molecular flexibility index (Phi) is 4.96. The Labute approximate surface area is 127 Å². The highest BCUT2D eigenvalue weighted by Gasteiger charge is 2.38. The predicted molar refractivity (Wildman–Crippen MR) is 83.1 cm³/mol. The number of nitrogens with one attached hydrogen (secondary N) is 1. The van der Waals surface area contributed by atoms with E-state index in [9.17, 15) is 4.79 Å². The van der Waals surface area contributed by atoms with Crippen molar-refractivity contribution in [2.24, 2.45) is 5.92 Å². The molecule has 0 amide bonds. The van der Waals surface area contributed by atoms with Crippen molar-refractivity contribution in [1.82, 2.24) is 10.2 Å². The van der Waals surface area contributed by atoms with Crippen LogP contribution in [0.2, 0.25) is 0 Å². The molecule has 1 aliphatic carbocycles. The molecular weight excluding hydrogens is 264 g/mol. The van der Waals surface area contributed by atoms with Gasteiger partial charge in [0.1, 0.15) is 0 Å². The average Bonchev–Trinajstić information content (AvgIpc) is 3.00. The number of methoxy groups -OCH3 is 1. The topological polar surface area (TPSA) is 41.6 Å². The molecule has 0 unspecified atom stereocenters. The van der Waals surface area contributed by atoms with Crippen LogP contribution in [0.15, 0.2) is 11.6 Å². The van der Waals surface area contributed by atoms with Crippen LogP contribution < -0.4 is 5.32 Å². The SMILES string of the molecule is COC(=O)/C1=C\CCN[C@H]2[C@@H](CCC[C@H]2N2CCCC2)C1. The lowest BCUT2D eigenvalue weighted by Crippen LogP contribution is -2.55. The normalized spacial score (nSPS) is 37.0. The van der Waals surface area contributed by atoms with E-state index >= 15 is 0 Å². The molecule has 2 fully saturated rings. The molecule has 21 heavy (non-hydrogen) atoms. The maximum absolute atomic E-state index is 11.9. The Morgan fingerprint density at radius 2 is 2.10 bits per heavy atom. The van der Waals surface area contributed by atoms with Crippen LogP contribution in [0.25, 0.3) is 0 Å². The number of ether oxygens (including phenoxy) is 1. The summed E-state index contributed by atoms with van der Waals surface area (Å²) in [5.74, 6) is 0.453. The maximum Gasteiger partial charge on any atom is 0.333 e. The molecule has 3 atom stereocenters. The lowest BCUT2D eigenvalue weighted by atomic mass is 9.76. The van der Waals surface area contributed by atoms with Crippen LogP contribution >= 0.6 is 0 Å². The highest BCUT2D eigenvalue weighted by Crippen LogP contribution is 2.34. The van der Waals surface area contributed by atoms with Crippen molar-refractivity contribution in [3.8, 4) is 0 Å². The van der Waals surface area contributed by atoms with Gasteiger partial charge in [0.2, 0.25) is 0 Å². The Morgan fingerprint density at radius 1 is 1.29 bits per heavy atom. The second-order valence-corrected chi connectivity index (χ2v) is 6.70. The van der Waals surface area contributed by atoms with Gasteiger partial charge in [-0.2, -0.15) is 0 Å². The smallest absolute Gasteiger partial charge is 0.333 e. The van der Waals surface area contributed by atoms with E-state index in [-0.39, 0.29) is 5.97 Å². The predicted octanol–water partition coefficient (Wildman–Crippen LogP) is 2.10. The van der Waals surface area contributed by atoms with Gasteiger partial charge in [-0.1, -0.05) is 12.5 Å². The van der Waals surface area contributed by atoms with Crippen LogP contribution in [0.4, 0.5) is 0 Å². The molecule has 0 radical (unpaired) electrons. The van der Waals surface area contributed by atoms with Gasteiger partial charge >= 0.3 is 5.97 Å². The van der Waals surface area contributed by atoms with Crippen LogP contribution in [0.5, 0.6) is 0 Å². The zero-order valence-electron chi connectivity index (χ0n) is 13.1. The van der Waals surface area contributed by atoms with E-state index in [2.05, 4.69) is 16.3 Å². The van der Waals surface area contributed by atoms with E-state index in [1.54, 1.807) is 0 Å². The molecular formula is C17H28N2O2. The van der Waals surface area contributed by atoms with E-state index in [0.717, 1.165) is 25.0 Å². The van der Waals surface area contributed by atoms with Crippen molar-refractivity contribution in [2.45, 2.75) is 57.0 Å². The molecule has 4 heteroatoms. The highest BCUT2D eigenvalue weighted by molar-refractivity contribution is 5.88. The minimum Gasteiger partial charge on any atom is -0.466 e. The molecule has 0 aromatic carbocycles. The zero-order chi connectivity index (χ0) is 14.7. The summed E-state index contributed by atoms with van der Waals surface area (Å²) in [6, 6.07) is 1.22. The molecule has 1 saturated carbocycles. The van der Waals surface area contributed by atoms with Crippen molar-refractivity contribution in [3.05, 3.63) is 11.6 Å². The molecule has 3 aliphatic rings. The fraction of sp³-hybridized carbons (Fsp3) is 0.824. The van der Waals surface area contributed by atoms with Crippen molar-refractivity contribution >= 4 is 5.97 Å². The minimum atomic E-state index is -0.126. The van der Waals surface area contributed by atoms with Crippen molar-refractivity contribution in [3.63, 3.8) is 0 Å². The van der Waals surface area contributed by atoms with Crippen molar-refractivity contribution in [2.75, 3.05) is 26.7 Å². The molecule has 0 spiro atoms. The molecule has 2 heterocycles. The first kappa shape index (κ1) is 15.0. The number of hydrogen-bond donors (Lipinski definition) is 1. The first-order valence-electron chi connectivity index (χ1n) is 8.54. The van der Waals surface area contributed by atoms with Gasteiger partial charge in [-0.05, 0) is 64.1 Å². The molecule has 3 rings (SSSR count). The summed E-state index contributed by atoms with van der Waals surface area (Å²) in [7, 11) is 1.49. The standard InChI is InChI=1S/C17H28N2O2/c1-21-17(20)14-7-5-9-18-16-13(12-14)6-4-8-15(16)19-10-2-3-11-19/h7,13,15-16,18H,2-6,8-12H2,1H3/b14-7-/t13-,15+,16-/m0/s1. The van der Waals surface area contributed by atoms with E-state index in [4.69, 9.17) is 4.74 Å². The van der Waals surface area contributed by atoms with Crippen LogP contribution in [0.1, 0.15) is 44.9 Å². The van der Waals surface area contributed by atoms with Gasteiger partial charge in [0.05, 0.1) is 7.11 Å². The molecule has 1 saturated heterocycles. The minimum absolute atomic E-state index is 0.126. The number of hydrogen-bond acceptors (Lipinski definition) is 4. The first-order chi connectivity index (χ1) is 10.3. The molecule has 0 aromatic rings. The van der Waals surface area contributed by atoms with Gasteiger partial charge in [0.25, 0.3) is 0 Å². The Morgan fingerprint density at radius 3 is 2.86 bits per heavy atom. The van der Waals surface area contributed by atoms with Gasteiger partial charge in [-0.15, -0.1) is 0 Å². The van der Waals surface area contributed by atoms with E-state index in [0.29, 0.717) is 18.0 Å². The van der Waals surface area contributed by atoms with Gasteiger partial charge in [0, 0.05) is 17.7 Å². The van der Waals surface area contributed by atoms with Crippen LogP contribution in [0, 0.1) is 5.92 Å². The van der Waals surface area contributed by atoms with E-state index < -0.39 is 0 Å². The number of carbonyl (C=O) groups excluding carboxylic acids is 1. The van der Waals surface area contributed by atoms with Crippen LogP contribution in [-0.4, -0.2) is 49.7 Å². The number of nitrogens with zero attached hydrogens (tertiary/aromatic N) is 1. The van der Waals surface area contributed by atoms with Gasteiger partial charge in [-0.3, -0.25) is 4.90 Å². The number of carbonyl (C=O) groups is 1. The summed E-state index contributed by atoms with van der Waals surface area (Å²) in [5.41, 5.74) is 0.899. The lowest BCUT2D eigenvalue weighted by molar-refractivity contribution is -0.136. The molecule has 0 aromatic heterocycles. The highest BCUT2D eigenvalue weighted by atomic mass is 16.5. The maximum atomic E-state index is 11.9. The third-order valence-electron chi connectivity index (χ3n) is 5.45. The first-order valence-corrected chi connectivity index (χ1v) is 8.54. The molecule has 0 bridgehead atoms. The number of likely N-dealkylation sites (tertiary alicyclic amines) is 1. The van der Waals surface area contributed by atoms with E-state index in [1.807, 2.05) is 0 Å². The Balaban J connectivity index is 1.74. The summed E-state index contributed by atoms with van der Waals surface area (Å²) in [4.78, 5) is 14.6. The van der Waals surface area contributed by atoms with E-state index in [1.165, 1.54) is 52.3 Å². The Hall–Kier alpha value is -0.870. The van der Waals surface area contributed by atoms with Crippen LogP contribution in [0.3, 0.4) is 0 Å². The van der Waals surface area contributed by atoms with Gasteiger partial charge < -0.3 is 10.1 Å². The zero-order valence-corrected chi connectivity index (χ0v) is 13.1. The third-order valence-corrected chi connectivity index (χ3v) is 5.45. The number of esters is 1. The summed E-state index contributed by atoms with van der Waals surface area (Å²) >= 11 is 0. The number of fused-ring (bicyclic) bond motifs is 1. The summed E-state index contributed by atoms with van der Waals surface area (Å²) < 4.78 is 4.95. The molecule has 4 nitrogen and oxygen atoms in total. The lowest BCUT2D eigenvalue weighted by Gasteiger charge is -2.44. The van der Waals surface area contributed by atoms with Crippen molar-refractivity contribution < 1.29 is 9.53 Å².